The smallest absolute Gasteiger partial charge is 0.410 e. The van der Waals surface area contributed by atoms with Gasteiger partial charge in [-0.15, -0.1) is 0 Å². The van der Waals surface area contributed by atoms with Gasteiger partial charge in [0.1, 0.15) is 36.2 Å². The molecule has 1 atom stereocenters. The lowest BCUT2D eigenvalue weighted by atomic mass is 9.98. The standard InChI is InChI=1S/C27H38N2O7/c1-17(2)29(26(32)36-27(5,6)7)14-20(30)15-35-24-19(4)22(16-34-23-11-9-10-12-28-23)18(3)13-21(24)25(31)33-8/h9-13,17,20,30H,14-16H2,1-8H3. The fourth-order valence-electron chi connectivity index (χ4n) is 3.53. The molecule has 2 aromatic rings. The molecule has 0 fully saturated rings. The van der Waals surface area contributed by atoms with Crippen LogP contribution in [0.15, 0.2) is 30.5 Å². The molecule has 9 heteroatoms. The predicted molar refractivity (Wildman–Crippen MR) is 135 cm³/mol. The van der Waals surface area contributed by atoms with Gasteiger partial charge in [-0.25, -0.2) is 14.6 Å². The van der Waals surface area contributed by atoms with Crippen molar-refractivity contribution in [3.63, 3.8) is 0 Å². The van der Waals surface area contributed by atoms with Crippen molar-refractivity contribution in [2.45, 2.75) is 72.8 Å². The van der Waals surface area contributed by atoms with Crippen molar-refractivity contribution in [2.75, 3.05) is 20.3 Å². The maximum atomic E-state index is 12.6. The topological polar surface area (TPSA) is 107 Å². The summed E-state index contributed by atoms with van der Waals surface area (Å²) in [5.41, 5.74) is 1.93. The van der Waals surface area contributed by atoms with E-state index in [2.05, 4.69) is 4.98 Å². The minimum atomic E-state index is -1.03. The molecule has 0 spiro atoms. The molecule has 0 radical (unpaired) electrons. The summed E-state index contributed by atoms with van der Waals surface area (Å²) in [4.78, 5) is 30.7. The van der Waals surface area contributed by atoms with E-state index in [4.69, 9.17) is 18.9 Å². The van der Waals surface area contributed by atoms with Crippen molar-refractivity contribution in [2.24, 2.45) is 0 Å². The Bertz CT molecular complexity index is 1030. The number of aromatic nitrogens is 1. The van der Waals surface area contributed by atoms with Crippen LogP contribution in [0.25, 0.3) is 0 Å². The molecule has 0 aliphatic carbocycles. The number of aryl methyl sites for hydroxylation is 1. The minimum absolute atomic E-state index is 0.000686. The summed E-state index contributed by atoms with van der Waals surface area (Å²) in [5.74, 6) is 0.210. The summed E-state index contributed by atoms with van der Waals surface area (Å²) in [6.07, 6.45) is 0.0925. The van der Waals surface area contributed by atoms with E-state index in [1.165, 1.54) is 12.0 Å². The van der Waals surface area contributed by atoms with E-state index in [1.807, 2.05) is 33.8 Å². The van der Waals surface area contributed by atoms with E-state index < -0.39 is 23.8 Å². The van der Waals surface area contributed by atoms with E-state index in [0.29, 0.717) is 17.2 Å². The third kappa shape index (κ3) is 8.12. The number of aliphatic hydroxyl groups is 1. The first-order chi connectivity index (χ1) is 16.8. The van der Waals surface area contributed by atoms with Crippen molar-refractivity contribution in [1.82, 2.24) is 9.88 Å². The van der Waals surface area contributed by atoms with Gasteiger partial charge in [0.25, 0.3) is 0 Å². The van der Waals surface area contributed by atoms with Gasteiger partial charge in [-0.1, -0.05) is 6.07 Å². The van der Waals surface area contributed by atoms with E-state index >= 15 is 0 Å². The van der Waals surface area contributed by atoms with E-state index in [0.717, 1.165) is 11.1 Å². The second-order valence-corrected chi connectivity index (χ2v) is 9.81. The average Bonchev–Trinajstić information content (AvgIpc) is 2.80. The maximum absolute atomic E-state index is 12.6. The molecule has 1 aromatic carbocycles. The summed E-state index contributed by atoms with van der Waals surface area (Å²) in [7, 11) is 1.30. The number of pyridine rings is 1. The lowest BCUT2D eigenvalue weighted by Gasteiger charge is -2.31. The van der Waals surface area contributed by atoms with Gasteiger partial charge in [0, 0.05) is 18.3 Å². The molecular formula is C27H38N2O7. The molecule has 1 heterocycles. The first-order valence-electron chi connectivity index (χ1n) is 11.9. The van der Waals surface area contributed by atoms with Crippen molar-refractivity contribution in [3.8, 4) is 11.6 Å². The molecule has 1 amide bonds. The summed E-state index contributed by atoms with van der Waals surface area (Å²) in [6.45, 7) is 12.8. The SMILES string of the molecule is COC(=O)c1cc(C)c(COc2ccccn2)c(C)c1OCC(O)CN(C(=O)OC(C)(C)C)C(C)C. The lowest BCUT2D eigenvalue weighted by Crippen LogP contribution is -2.46. The van der Waals surface area contributed by atoms with Crippen LogP contribution in [0.5, 0.6) is 11.6 Å². The number of rotatable bonds is 10. The highest BCUT2D eigenvalue weighted by Gasteiger charge is 2.27. The maximum Gasteiger partial charge on any atom is 0.410 e. The van der Waals surface area contributed by atoms with Crippen LogP contribution in [0.1, 0.15) is 61.7 Å². The van der Waals surface area contributed by atoms with Crippen LogP contribution in [0.3, 0.4) is 0 Å². The number of benzene rings is 1. The van der Waals surface area contributed by atoms with Crippen LogP contribution in [0.2, 0.25) is 0 Å². The average molecular weight is 503 g/mol. The molecule has 0 saturated heterocycles. The van der Waals surface area contributed by atoms with Crippen molar-refractivity contribution in [1.29, 1.82) is 0 Å². The monoisotopic (exact) mass is 502 g/mol. The molecule has 198 valence electrons. The van der Waals surface area contributed by atoms with E-state index in [-0.39, 0.29) is 31.4 Å². The molecule has 0 saturated carbocycles. The molecule has 1 unspecified atom stereocenters. The van der Waals surface area contributed by atoms with Crippen LogP contribution in [-0.2, 0) is 16.1 Å². The first-order valence-corrected chi connectivity index (χ1v) is 11.9. The van der Waals surface area contributed by atoms with Gasteiger partial charge in [-0.05, 0) is 77.3 Å². The quantitative estimate of drug-likeness (QED) is 0.475. The number of amides is 1. The molecule has 0 aliphatic rings. The largest absolute Gasteiger partial charge is 0.490 e. The summed E-state index contributed by atoms with van der Waals surface area (Å²) >= 11 is 0. The van der Waals surface area contributed by atoms with E-state index in [9.17, 15) is 14.7 Å². The highest BCUT2D eigenvalue weighted by Crippen LogP contribution is 2.31. The predicted octanol–water partition coefficient (Wildman–Crippen LogP) is 4.45. The number of hydrogen-bond donors (Lipinski definition) is 1. The first kappa shape index (κ1) is 28.9. The van der Waals surface area contributed by atoms with Gasteiger partial charge in [0.2, 0.25) is 5.88 Å². The number of aliphatic hydroxyl groups excluding tert-OH is 1. The Kier molecular flexibility index (Phi) is 10.1. The van der Waals surface area contributed by atoms with E-state index in [1.54, 1.807) is 45.2 Å². The van der Waals surface area contributed by atoms with Crippen molar-refractivity contribution >= 4 is 12.1 Å². The Morgan fingerprint density at radius 1 is 1.14 bits per heavy atom. The van der Waals surface area contributed by atoms with Crippen molar-refractivity contribution in [3.05, 3.63) is 52.7 Å². The van der Waals surface area contributed by atoms with Gasteiger partial charge in [-0.2, -0.15) is 0 Å². The van der Waals surface area contributed by atoms with Crippen LogP contribution < -0.4 is 9.47 Å². The molecule has 9 nitrogen and oxygen atoms in total. The van der Waals surface area contributed by atoms with Crippen LogP contribution >= 0.6 is 0 Å². The zero-order valence-electron chi connectivity index (χ0n) is 22.5. The second kappa shape index (κ2) is 12.6. The second-order valence-electron chi connectivity index (χ2n) is 9.81. The molecular weight excluding hydrogens is 464 g/mol. The Balaban J connectivity index is 2.23. The zero-order chi connectivity index (χ0) is 27.0. The molecule has 0 bridgehead atoms. The Labute approximate surface area is 213 Å². The summed E-state index contributed by atoms with van der Waals surface area (Å²) < 4.78 is 22.2. The number of nitrogens with zero attached hydrogens (tertiary/aromatic N) is 2. The highest BCUT2D eigenvalue weighted by atomic mass is 16.6. The van der Waals surface area contributed by atoms with Crippen LogP contribution in [-0.4, -0.2) is 65.1 Å². The fourth-order valence-corrected chi connectivity index (χ4v) is 3.53. The van der Waals surface area contributed by atoms with Gasteiger partial charge in [0.05, 0.1) is 13.7 Å². The van der Waals surface area contributed by atoms with Gasteiger partial charge < -0.3 is 29.0 Å². The molecule has 36 heavy (non-hydrogen) atoms. The highest BCUT2D eigenvalue weighted by molar-refractivity contribution is 5.93. The Hall–Kier alpha value is -3.33. The third-order valence-corrected chi connectivity index (χ3v) is 5.36. The number of ether oxygens (including phenoxy) is 4. The molecule has 2 rings (SSSR count). The fraction of sp³-hybridized carbons (Fsp3) is 0.519. The number of hydrogen-bond acceptors (Lipinski definition) is 8. The van der Waals surface area contributed by atoms with Gasteiger partial charge in [-0.3, -0.25) is 0 Å². The van der Waals surface area contributed by atoms with Crippen LogP contribution in [0.4, 0.5) is 4.79 Å². The third-order valence-electron chi connectivity index (χ3n) is 5.36. The molecule has 1 N–H and O–H groups in total. The zero-order valence-corrected chi connectivity index (χ0v) is 22.5. The van der Waals surface area contributed by atoms with Crippen LogP contribution in [0, 0.1) is 13.8 Å². The van der Waals surface area contributed by atoms with Gasteiger partial charge >= 0.3 is 12.1 Å². The molecule has 1 aromatic heterocycles. The number of carbonyl (C=O) groups excluding carboxylic acids is 2. The summed E-state index contributed by atoms with van der Waals surface area (Å²) in [6, 6.07) is 6.87. The number of methoxy groups -OCH3 is 1. The Morgan fingerprint density at radius 3 is 2.39 bits per heavy atom. The lowest BCUT2D eigenvalue weighted by molar-refractivity contribution is 0.00177. The van der Waals surface area contributed by atoms with Gasteiger partial charge in [0.15, 0.2) is 0 Å². The minimum Gasteiger partial charge on any atom is -0.490 e. The molecule has 0 aliphatic heterocycles. The van der Waals surface area contributed by atoms with Crippen molar-refractivity contribution < 1.29 is 33.6 Å². The normalized spacial score (nSPS) is 12.2. The Morgan fingerprint density at radius 2 is 1.83 bits per heavy atom. The number of esters is 1. The summed E-state index contributed by atoms with van der Waals surface area (Å²) in [5, 5.41) is 10.7. The number of carbonyl (C=O) groups is 2.